The molecule has 3 heterocycles. The number of quaternary nitrogens is 1. The van der Waals surface area contributed by atoms with Gasteiger partial charge in [0.05, 0.1) is 11.4 Å². The second-order valence-electron chi connectivity index (χ2n) is 6.61. The SMILES string of the molecule is Cc1ccc2c(c1)OC1(CC[N+](C#N)(C(=O)[O-])CC1)c1cccn1-2. The second-order valence-corrected chi connectivity index (χ2v) is 6.61. The Kier molecular flexibility index (Phi) is 2.99. The molecule has 2 aliphatic heterocycles. The fourth-order valence-corrected chi connectivity index (χ4v) is 3.79. The minimum absolute atomic E-state index is 0.172. The highest BCUT2D eigenvalue weighted by Gasteiger charge is 2.50. The molecule has 1 saturated heterocycles. The first kappa shape index (κ1) is 14.8. The van der Waals surface area contributed by atoms with E-state index in [1.807, 2.05) is 49.6 Å². The standard InChI is InChI=1S/C18H17N3O3/c1-13-4-5-14-15(11-13)24-18(16-3-2-8-20(14)16)6-9-21(12-19,10-7-18)17(22)23/h2-5,8,11H,6-7,9-10H2,1H3. The molecule has 6 nitrogen and oxygen atoms in total. The molecule has 1 amide bonds. The Balaban J connectivity index is 1.77. The monoisotopic (exact) mass is 323 g/mol. The number of carboxylic acid groups (broad SMARTS) is 1. The van der Waals surface area contributed by atoms with Crippen molar-refractivity contribution in [3.8, 4) is 17.6 Å². The molecular weight excluding hydrogens is 306 g/mol. The number of rotatable bonds is 0. The predicted octanol–water partition coefficient (Wildman–Crippen LogP) is 1.81. The number of ether oxygens (including phenoxy) is 1. The summed E-state index contributed by atoms with van der Waals surface area (Å²) in [6, 6.07) is 10.0. The summed E-state index contributed by atoms with van der Waals surface area (Å²) in [7, 11) is 0. The Morgan fingerprint density at radius 3 is 2.79 bits per heavy atom. The second kappa shape index (κ2) is 4.86. The van der Waals surface area contributed by atoms with Gasteiger partial charge < -0.3 is 19.2 Å². The maximum atomic E-state index is 11.4. The van der Waals surface area contributed by atoms with Crippen molar-refractivity contribution < 1.29 is 19.1 Å². The third-order valence-corrected chi connectivity index (χ3v) is 5.23. The van der Waals surface area contributed by atoms with Crippen LogP contribution in [0.15, 0.2) is 36.5 Å². The largest absolute Gasteiger partial charge is 0.497 e. The van der Waals surface area contributed by atoms with Crippen molar-refractivity contribution in [1.29, 1.82) is 5.26 Å². The van der Waals surface area contributed by atoms with Gasteiger partial charge in [-0.25, -0.2) is 0 Å². The Bertz CT molecular complexity index is 870. The number of benzene rings is 1. The van der Waals surface area contributed by atoms with E-state index in [0.717, 1.165) is 22.7 Å². The van der Waals surface area contributed by atoms with Crippen molar-refractivity contribution in [3.05, 3.63) is 47.8 Å². The number of hydrogen-bond donors (Lipinski definition) is 0. The molecule has 0 unspecified atom stereocenters. The first-order valence-electron chi connectivity index (χ1n) is 7.98. The molecule has 0 radical (unpaired) electrons. The highest BCUT2D eigenvalue weighted by Crippen LogP contribution is 2.46. The van der Waals surface area contributed by atoms with Crippen molar-refractivity contribution in [3.63, 3.8) is 0 Å². The number of nitriles is 1. The number of carbonyl (C=O) groups excluding carboxylic acids is 1. The molecule has 0 N–H and O–H groups in total. The van der Waals surface area contributed by atoms with Gasteiger partial charge in [-0.15, -0.1) is 5.26 Å². The lowest BCUT2D eigenvalue weighted by atomic mass is 9.85. The lowest BCUT2D eigenvalue weighted by Gasteiger charge is -2.45. The highest BCUT2D eigenvalue weighted by atomic mass is 16.5. The van der Waals surface area contributed by atoms with Crippen LogP contribution in [0.4, 0.5) is 4.79 Å². The lowest BCUT2D eigenvalue weighted by molar-refractivity contribution is -0.823. The smallest absolute Gasteiger partial charge is 0.315 e. The highest BCUT2D eigenvalue weighted by molar-refractivity contribution is 5.56. The Labute approximate surface area is 139 Å². The van der Waals surface area contributed by atoms with E-state index in [1.165, 1.54) is 0 Å². The average molecular weight is 323 g/mol. The fourth-order valence-electron chi connectivity index (χ4n) is 3.79. The van der Waals surface area contributed by atoms with E-state index in [2.05, 4.69) is 4.57 Å². The van der Waals surface area contributed by atoms with E-state index in [0.29, 0.717) is 12.8 Å². The quantitative estimate of drug-likeness (QED) is 0.547. The molecule has 1 aromatic carbocycles. The topological polar surface area (TPSA) is 78.1 Å². The van der Waals surface area contributed by atoms with Gasteiger partial charge in [0.15, 0.2) is 5.60 Å². The van der Waals surface area contributed by atoms with E-state index in [9.17, 15) is 15.2 Å². The number of fused-ring (bicyclic) bond motifs is 4. The first-order chi connectivity index (χ1) is 11.5. The minimum Gasteiger partial charge on any atom is -0.497 e. The van der Waals surface area contributed by atoms with Gasteiger partial charge >= 0.3 is 6.19 Å². The summed E-state index contributed by atoms with van der Waals surface area (Å²) in [5.41, 5.74) is 2.50. The summed E-state index contributed by atoms with van der Waals surface area (Å²) in [4.78, 5) is 11.4. The van der Waals surface area contributed by atoms with Gasteiger partial charge in [-0.2, -0.15) is 4.48 Å². The number of likely N-dealkylation sites (tertiary alicyclic amines) is 1. The van der Waals surface area contributed by atoms with Crippen LogP contribution < -0.4 is 9.84 Å². The molecule has 1 fully saturated rings. The van der Waals surface area contributed by atoms with Crippen LogP contribution in [0, 0.1) is 18.4 Å². The zero-order valence-electron chi connectivity index (χ0n) is 13.4. The molecule has 122 valence electrons. The van der Waals surface area contributed by atoms with E-state index in [-0.39, 0.29) is 13.1 Å². The van der Waals surface area contributed by atoms with Crippen molar-refractivity contribution >= 4 is 6.09 Å². The van der Waals surface area contributed by atoms with E-state index < -0.39 is 16.2 Å². The zero-order valence-corrected chi connectivity index (χ0v) is 13.4. The van der Waals surface area contributed by atoms with Crippen LogP contribution in [0.25, 0.3) is 5.69 Å². The zero-order chi connectivity index (χ0) is 16.9. The lowest BCUT2D eigenvalue weighted by Crippen LogP contribution is -2.62. The first-order valence-corrected chi connectivity index (χ1v) is 7.98. The maximum Gasteiger partial charge on any atom is 0.315 e. The molecular formula is C18H17N3O3. The summed E-state index contributed by atoms with van der Waals surface area (Å²) >= 11 is 0. The Morgan fingerprint density at radius 2 is 2.12 bits per heavy atom. The molecule has 2 aliphatic rings. The molecule has 0 aliphatic carbocycles. The number of carbonyl (C=O) groups is 1. The van der Waals surface area contributed by atoms with Crippen molar-refractivity contribution in [2.45, 2.75) is 25.4 Å². The summed E-state index contributed by atoms with van der Waals surface area (Å²) in [6.45, 7) is 2.35. The van der Waals surface area contributed by atoms with Gasteiger partial charge in [0.25, 0.3) is 6.09 Å². The van der Waals surface area contributed by atoms with Crippen LogP contribution in [0.1, 0.15) is 24.1 Å². The van der Waals surface area contributed by atoms with Crippen molar-refractivity contribution in [2.75, 3.05) is 13.1 Å². The van der Waals surface area contributed by atoms with Gasteiger partial charge in [-0.3, -0.25) is 0 Å². The van der Waals surface area contributed by atoms with Crippen LogP contribution >= 0.6 is 0 Å². The van der Waals surface area contributed by atoms with Crippen LogP contribution in [0.3, 0.4) is 0 Å². The molecule has 6 heteroatoms. The molecule has 0 saturated carbocycles. The van der Waals surface area contributed by atoms with Crippen molar-refractivity contribution in [1.82, 2.24) is 4.57 Å². The molecule has 4 rings (SSSR count). The Morgan fingerprint density at radius 1 is 1.38 bits per heavy atom. The summed E-state index contributed by atoms with van der Waals surface area (Å²) in [5.74, 6) is 0.795. The Hall–Kier alpha value is -2.78. The molecule has 0 bridgehead atoms. The van der Waals surface area contributed by atoms with Crippen LogP contribution in [0.2, 0.25) is 0 Å². The number of hydrogen-bond acceptors (Lipinski definition) is 4. The maximum absolute atomic E-state index is 11.4. The number of nitrogens with zero attached hydrogens (tertiary/aromatic N) is 3. The molecule has 0 atom stereocenters. The van der Waals surface area contributed by atoms with Gasteiger partial charge in [0.1, 0.15) is 18.8 Å². The van der Waals surface area contributed by atoms with E-state index >= 15 is 0 Å². The normalized spacial score (nSPS) is 27.7. The predicted molar refractivity (Wildman–Crippen MR) is 83.0 cm³/mol. The van der Waals surface area contributed by atoms with E-state index in [4.69, 9.17) is 4.74 Å². The average Bonchev–Trinajstić information content (AvgIpc) is 3.06. The summed E-state index contributed by atoms with van der Waals surface area (Å²) in [6.07, 6.45) is 3.45. The van der Waals surface area contributed by atoms with Crippen molar-refractivity contribution in [2.24, 2.45) is 0 Å². The molecule has 24 heavy (non-hydrogen) atoms. The van der Waals surface area contributed by atoms with Gasteiger partial charge in [0, 0.05) is 19.0 Å². The number of piperidine rings is 1. The molecule has 1 spiro atoms. The van der Waals surface area contributed by atoms with Crippen LogP contribution in [-0.4, -0.2) is 28.2 Å². The fraction of sp³-hybridized carbons (Fsp3) is 0.333. The van der Waals surface area contributed by atoms with Gasteiger partial charge in [-0.05, 0) is 36.8 Å². The number of aryl methyl sites for hydroxylation is 1. The summed E-state index contributed by atoms with van der Waals surface area (Å²) in [5, 5.41) is 20.7. The van der Waals surface area contributed by atoms with Gasteiger partial charge in [0.2, 0.25) is 0 Å². The third kappa shape index (κ3) is 1.88. The summed E-state index contributed by atoms with van der Waals surface area (Å²) < 4.78 is 7.82. The molecule has 1 aromatic heterocycles. The number of aromatic nitrogens is 1. The third-order valence-electron chi connectivity index (χ3n) is 5.23. The van der Waals surface area contributed by atoms with Crippen LogP contribution in [0.5, 0.6) is 5.75 Å². The minimum atomic E-state index is -1.34. The van der Waals surface area contributed by atoms with Crippen LogP contribution in [-0.2, 0) is 5.60 Å². The molecule has 2 aromatic rings. The number of amides is 1. The van der Waals surface area contributed by atoms with E-state index in [1.54, 1.807) is 0 Å². The van der Waals surface area contributed by atoms with Gasteiger partial charge in [-0.1, -0.05) is 6.07 Å².